The Morgan fingerprint density at radius 1 is 1.46 bits per heavy atom. The summed E-state index contributed by atoms with van der Waals surface area (Å²) in [5.41, 5.74) is -0.980. The fourth-order valence-corrected chi connectivity index (χ4v) is 2.33. The molecule has 24 heavy (non-hydrogen) atoms. The van der Waals surface area contributed by atoms with Gasteiger partial charge in [0.25, 0.3) is 0 Å². The largest absolute Gasteiger partial charge is 0.470 e. The summed E-state index contributed by atoms with van der Waals surface area (Å²) >= 11 is 0. The van der Waals surface area contributed by atoms with E-state index < -0.39 is 39.7 Å². The predicted molar refractivity (Wildman–Crippen MR) is 77.7 cm³/mol. The zero-order chi connectivity index (χ0) is 18.1. The fourth-order valence-electron chi connectivity index (χ4n) is 1.98. The number of aromatic nitrogens is 1. The Hall–Kier alpha value is -1.88. The summed E-state index contributed by atoms with van der Waals surface area (Å²) in [6.45, 7) is -0.183. The minimum atomic E-state index is -4.58. The van der Waals surface area contributed by atoms with Crippen LogP contribution in [-0.4, -0.2) is 67.6 Å². The lowest BCUT2D eigenvalue weighted by Gasteiger charge is -2.39. The van der Waals surface area contributed by atoms with Crippen LogP contribution in [0.3, 0.4) is 0 Å². The third kappa shape index (κ3) is 4.35. The molecule has 1 aliphatic rings. The summed E-state index contributed by atoms with van der Waals surface area (Å²) in [6.07, 6.45) is -3.04. The van der Waals surface area contributed by atoms with Crippen molar-refractivity contribution in [2.24, 2.45) is 0 Å². The Morgan fingerprint density at radius 2 is 2.08 bits per heavy atom. The topological polar surface area (TPSA) is 79.8 Å². The van der Waals surface area contributed by atoms with Crippen molar-refractivity contribution in [2.75, 3.05) is 32.9 Å². The highest BCUT2D eigenvalue weighted by Gasteiger charge is 2.38. The van der Waals surface area contributed by atoms with Crippen LogP contribution in [0.15, 0.2) is 18.3 Å². The van der Waals surface area contributed by atoms with Crippen LogP contribution in [0, 0.1) is 0 Å². The van der Waals surface area contributed by atoms with Gasteiger partial charge in [0.2, 0.25) is 21.8 Å². The van der Waals surface area contributed by atoms with Crippen LogP contribution in [0.4, 0.5) is 13.2 Å². The zero-order valence-corrected chi connectivity index (χ0v) is 13.8. The highest BCUT2D eigenvalue weighted by Crippen LogP contribution is 2.35. The third-order valence-corrected chi connectivity index (χ3v) is 4.74. The normalized spacial score (nSPS) is 16.2. The van der Waals surface area contributed by atoms with E-state index in [-0.39, 0.29) is 19.6 Å². The molecule has 0 spiro atoms. The van der Waals surface area contributed by atoms with Crippen molar-refractivity contribution in [1.82, 2.24) is 14.2 Å². The number of halogens is 3. The van der Waals surface area contributed by atoms with Gasteiger partial charge in [-0.15, -0.1) is 0 Å². The zero-order valence-electron chi connectivity index (χ0n) is 12.9. The number of amides is 1. The van der Waals surface area contributed by atoms with Gasteiger partial charge in [-0.1, -0.05) is 0 Å². The molecule has 1 aromatic heterocycles. The Morgan fingerprint density at radius 3 is 2.62 bits per heavy atom. The molecule has 1 aliphatic heterocycles. The monoisotopic (exact) mass is 367 g/mol. The van der Waals surface area contributed by atoms with Crippen LogP contribution in [0.1, 0.15) is 5.56 Å². The summed E-state index contributed by atoms with van der Waals surface area (Å²) in [4.78, 5) is 16.8. The van der Waals surface area contributed by atoms with E-state index in [0.717, 1.165) is 22.7 Å². The van der Waals surface area contributed by atoms with Gasteiger partial charge in [0, 0.05) is 13.2 Å². The molecule has 1 amide bonds. The summed E-state index contributed by atoms with van der Waals surface area (Å²) < 4.78 is 67.1. The first-order chi connectivity index (χ1) is 11.0. The molecule has 1 saturated heterocycles. The first kappa shape index (κ1) is 18.5. The van der Waals surface area contributed by atoms with Crippen molar-refractivity contribution >= 4 is 15.9 Å². The molecule has 0 atom stereocenters. The van der Waals surface area contributed by atoms with Gasteiger partial charge in [-0.25, -0.2) is 13.4 Å². The molecule has 0 radical (unpaired) electrons. The predicted octanol–water partition coefficient (Wildman–Crippen LogP) is 0.581. The number of hydrogen-bond acceptors (Lipinski definition) is 5. The van der Waals surface area contributed by atoms with Crippen molar-refractivity contribution in [3.63, 3.8) is 0 Å². The number of alkyl halides is 3. The maximum absolute atomic E-state index is 12.8. The second-order valence-corrected chi connectivity index (χ2v) is 7.50. The van der Waals surface area contributed by atoms with Crippen LogP contribution >= 0.6 is 0 Å². The van der Waals surface area contributed by atoms with Crippen molar-refractivity contribution < 1.29 is 31.1 Å². The SMILES string of the molecule is CN(CC(=O)N1CC(Oc2ncccc2C(F)(F)F)C1)S(C)(=O)=O. The number of hydrogen-bond donors (Lipinski definition) is 0. The number of ether oxygens (including phenoxy) is 1. The first-order valence-corrected chi connectivity index (χ1v) is 8.71. The van der Waals surface area contributed by atoms with E-state index in [1.54, 1.807) is 0 Å². The number of rotatable bonds is 5. The van der Waals surface area contributed by atoms with E-state index in [2.05, 4.69) is 4.98 Å². The lowest BCUT2D eigenvalue weighted by molar-refractivity contribution is -0.145. The second kappa shape index (κ2) is 6.55. The lowest BCUT2D eigenvalue weighted by atomic mass is 10.1. The standard InChI is InChI=1S/C13H16F3N3O4S/c1-18(24(2,21)22)8-11(20)19-6-9(7-19)23-12-10(13(14,15)16)4-3-5-17-12/h3-5,9H,6-8H2,1-2H3. The minimum Gasteiger partial charge on any atom is -0.470 e. The van der Waals surface area contributed by atoms with Gasteiger partial charge in [-0.3, -0.25) is 4.79 Å². The smallest absolute Gasteiger partial charge is 0.421 e. The van der Waals surface area contributed by atoms with Gasteiger partial charge in [-0.2, -0.15) is 17.5 Å². The number of sulfonamides is 1. The molecule has 0 saturated carbocycles. The number of likely N-dealkylation sites (tertiary alicyclic amines) is 1. The fraction of sp³-hybridized carbons (Fsp3) is 0.538. The summed E-state index contributed by atoms with van der Waals surface area (Å²) in [5.74, 6) is -0.977. The maximum atomic E-state index is 12.8. The quantitative estimate of drug-likeness (QED) is 0.761. The third-order valence-electron chi connectivity index (χ3n) is 3.48. The second-order valence-electron chi connectivity index (χ2n) is 5.41. The van der Waals surface area contributed by atoms with Gasteiger partial charge in [0.15, 0.2) is 0 Å². The van der Waals surface area contributed by atoms with Crippen LogP contribution in [0.5, 0.6) is 5.88 Å². The Bertz CT molecular complexity index is 717. The molecule has 0 bridgehead atoms. The highest BCUT2D eigenvalue weighted by atomic mass is 32.2. The average Bonchev–Trinajstić information content (AvgIpc) is 2.40. The molecule has 11 heteroatoms. The van der Waals surface area contributed by atoms with E-state index in [0.29, 0.717) is 0 Å². The van der Waals surface area contributed by atoms with Crippen molar-refractivity contribution in [3.05, 3.63) is 23.9 Å². The Kier molecular flexibility index (Phi) is 5.04. The van der Waals surface area contributed by atoms with Crippen molar-refractivity contribution in [1.29, 1.82) is 0 Å². The van der Waals surface area contributed by atoms with E-state index in [4.69, 9.17) is 4.74 Å². The molecule has 1 fully saturated rings. The molecule has 134 valence electrons. The number of carbonyl (C=O) groups is 1. The number of likely N-dealkylation sites (N-methyl/N-ethyl adjacent to an activating group) is 1. The molecular weight excluding hydrogens is 351 g/mol. The van der Waals surface area contributed by atoms with Gasteiger partial charge >= 0.3 is 6.18 Å². The molecule has 2 heterocycles. The van der Waals surface area contributed by atoms with E-state index in [1.807, 2.05) is 0 Å². The highest BCUT2D eigenvalue weighted by molar-refractivity contribution is 7.88. The number of nitrogens with zero attached hydrogens (tertiary/aromatic N) is 3. The lowest BCUT2D eigenvalue weighted by Crippen LogP contribution is -2.58. The Labute approximate surface area is 137 Å². The van der Waals surface area contributed by atoms with Crippen molar-refractivity contribution in [2.45, 2.75) is 12.3 Å². The van der Waals surface area contributed by atoms with Gasteiger partial charge in [0.1, 0.15) is 11.7 Å². The van der Waals surface area contributed by atoms with Gasteiger partial charge < -0.3 is 9.64 Å². The number of pyridine rings is 1. The first-order valence-electron chi connectivity index (χ1n) is 6.86. The average molecular weight is 367 g/mol. The molecule has 2 rings (SSSR count). The molecule has 0 aromatic carbocycles. The van der Waals surface area contributed by atoms with Crippen LogP contribution < -0.4 is 4.74 Å². The molecule has 0 unspecified atom stereocenters. The molecule has 0 N–H and O–H groups in total. The maximum Gasteiger partial charge on any atom is 0.421 e. The van der Waals surface area contributed by atoms with Crippen LogP contribution in [0.2, 0.25) is 0 Å². The van der Waals surface area contributed by atoms with E-state index >= 15 is 0 Å². The van der Waals surface area contributed by atoms with E-state index in [9.17, 15) is 26.4 Å². The molecule has 1 aromatic rings. The van der Waals surface area contributed by atoms with Crippen LogP contribution in [-0.2, 0) is 21.0 Å². The summed E-state index contributed by atoms with van der Waals surface area (Å²) in [6, 6.07) is 2.03. The van der Waals surface area contributed by atoms with Crippen LogP contribution in [0.25, 0.3) is 0 Å². The summed E-state index contributed by atoms with van der Waals surface area (Å²) in [7, 11) is -2.21. The Balaban J connectivity index is 1.91. The number of carbonyl (C=O) groups excluding carboxylic acids is 1. The molecule has 0 aliphatic carbocycles. The van der Waals surface area contributed by atoms with E-state index in [1.165, 1.54) is 18.1 Å². The molecular formula is C13H16F3N3O4S. The van der Waals surface area contributed by atoms with Crippen molar-refractivity contribution in [3.8, 4) is 5.88 Å². The van der Waals surface area contributed by atoms with Gasteiger partial charge in [-0.05, 0) is 12.1 Å². The molecule has 7 nitrogen and oxygen atoms in total. The summed E-state index contributed by atoms with van der Waals surface area (Å²) in [5, 5.41) is 0. The van der Waals surface area contributed by atoms with Gasteiger partial charge in [0.05, 0.1) is 25.9 Å². The minimum absolute atomic E-state index is 0.0737.